The molecular weight excluding hydrogens is 342 g/mol. The Bertz CT molecular complexity index is 1070. The summed E-state index contributed by atoms with van der Waals surface area (Å²) < 4.78 is 0. The lowest BCUT2D eigenvalue weighted by molar-refractivity contribution is 0.558. The van der Waals surface area contributed by atoms with E-state index < -0.39 is 0 Å². The van der Waals surface area contributed by atoms with Gasteiger partial charge in [0.2, 0.25) is 5.69 Å². The highest BCUT2D eigenvalue weighted by Crippen LogP contribution is 2.34. The van der Waals surface area contributed by atoms with Crippen LogP contribution in [0, 0.1) is 13.5 Å². The van der Waals surface area contributed by atoms with Crippen LogP contribution < -0.4 is 0 Å². The second kappa shape index (κ2) is 7.02. The quantitative estimate of drug-likeness (QED) is 0.471. The van der Waals surface area contributed by atoms with Crippen molar-refractivity contribution in [2.45, 2.75) is 65.7 Å². The molecule has 1 aromatic carbocycles. The summed E-state index contributed by atoms with van der Waals surface area (Å²) in [5.74, 6) is 0. The molecule has 0 amide bonds. The molecule has 0 N–H and O–H groups in total. The third-order valence-corrected chi connectivity index (χ3v) is 5.07. The minimum absolute atomic E-state index is 0.0129. The van der Waals surface area contributed by atoms with Gasteiger partial charge in [-0.1, -0.05) is 59.7 Å². The van der Waals surface area contributed by atoms with Crippen molar-refractivity contribution in [3.05, 3.63) is 76.0 Å². The number of hydrogen-bond donors (Lipinski definition) is 0. The first kappa shape index (κ1) is 20.0. The second-order valence-corrected chi connectivity index (χ2v) is 9.60. The summed E-state index contributed by atoms with van der Waals surface area (Å²) in [4.78, 5) is 13.1. The molecule has 28 heavy (non-hydrogen) atoms. The number of aromatic nitrogens is 2. The zero-order valence-corrected chi connectivity index (χ0v) is 18.0. The molecule has 2 heterocycles. The van der Waals surface area contributed by atoms with Crippen LogP contribution in [0.4, 0.5) is 5.69 Å². The van der Waals surface area contributed by atoms with Crippen molar-refractivity contribution in [3.8, 4) is 0 Å². The normalized spacial score (nSPS) is 12.2. The van der Waals surface area contributed by atoms with Gasteiger partial charge in [0.25, 0.3) is 0 Å². The molecule has 0 saturated heterocycles. The largest absolute Gasteiger partial charge is 0.269 e. The van der Waals surface area contributed by atoms with Crippen LogP contribution in [0.15, 0.2) is 36.4 Å². The van der Waals surface area contributed by atoms with E-state index in [0.717, 1.165) is 29.0 Å². The highest BCUT2D eigenvalue weighted by molar-refractivity contribution is 5.84. The predicted octanol–water partition coefficient (Wildman–Crippen LogP) is 6.67. The topological polar surface area (TPSA) is 30.1 Å². The standard InChI is InChI=1S/C25H29N3/c1-16-21(26-8)12-10-18(27-16)13-17-9-11-22-19(14-17)20(24(2,3)4)15-23(28-22)25(5,6)7/h9-12,14-15H,13H2,1-7H3. The minimum Gasteiger partial charge on any atom is -0.269 e. The fraction of sp³-hybridized carbons (Fsp3) is 0.400. The van der Waals surface area contributed by atoms with E-state index in [4.69, 9.17) is 11.6 Å². The molecule has 2 aromatic heterocycles. The molecule has 3 heteroatoms. The van der Waals surface area contributed by atoms with Gasteiger partial charge in [-0.2, -0.15) is 0 Å². The number of hydrogen-bond acceptors (Lipinski definition) is 2. The van der Waals surface area contributed by atoms with Crippen molar-refractivity contribution >= 4 is 16.6 Å². The predicted molar refractivity (Wildman–Crippen MR) is 117 cm³/mol. The van der Waals surface area contributed by atoms with Gasteiger partial charge < -0.3 is 0 Å². The van der Waals surface area contributed by atoms with Crippen LogP contribution >= 0.6 is 0 Å². The number of pyridine rings is 2. The Labute approximate surface area is 168 Å². The van der Waals surface area contributed by atoms with Crippen LogP contribution in [0.2, 0.25) is 0 Å². The average molecular weight is 372 g/mol. The van der Waals surface area contributed by atoms with Gasteiger partial charge in [0.05, 0.1) is 12.1 Å². The van der Waals surface area contributed by atoms with Crippen LogP contribution in [0.1, 0.15) is 69.8 Å². The monoisotopic (exact) mass is 371 g/mol. The van der Waals surface area contributed by atoms with Gasteiger partial charge in [-0.15, -0.1) is 0 Å². The first-order chi connectivity index (χ1) is 13.0. The molecule has 0 bridgehead atoms. The van der Waals surface area contributed by atoms with Crippen molar-refractivity contribution in [1.29, 1.82) is 0 Å². The fourth-order valence-electron chi connectivity index (χ4n) is 3.42. The summed E-state index contributed by atoms with van der Waals surface area (Å²) in [6, 6.07) is 12.6. The maximum atomic E-state index is 7.19. The van der Waals surface area contributed by atoms with Crippen molar-refractivity contribution in [3.63, 3.8) is 0 Å². The molecule has 0 atom stereocenters. The Morgan fingerprint density at radius 2 is 1.61 bits per heavy atom. The van der Waals surface area contributed by atoms with Crippen LogP contribution in [0.3, 0.4) is 0 Å². The van der Waals surface area contributed by atoms with E-state index in [1.165, 1.54) is 16.5 Å². The van der Waals surface area contributed by atoms with E-state index in [9.17, 15) is 0 Å². The lowest BCUT2D eigenvalue weighted by atomic mass is 9.81. The summed E-state index contributed by atoms with van der Waals surface area (Å²) in [5, 5.41) is 1.22. The van der Waals surface area contributed by atoms with Gasteiger partial charge in [-0.05, 0) is 41.7 Å². The van der Waals surface area contributed by atoms with Crippen LogP contribution in [0.5, 0.6) is 0 Å². The highest BCUT2D eigenvalue weighted by Gasteiger charge is 2.23. The first-order valence-corrected chi connectivity index (χ1v) is 9.77. The summed E-state index contributed by atoms with van der Waals surface area (Å²) in [7, 11) is 0. The summed E-state index contributed by atoms with van der Waals surface area (Å²) in [5.41, 5.74) is 7.17. The number of fused-ring (bicyclic) bond motifs is 1. The second-order valence-electron chi connectivity index (χ2n) is 9.60. The maximum absolute atomic E-state index is 7.19. The Morgan fingerprint density at radius 1 is 0.893 bits per heavy atom. The van der Waals surface area contributed by atoms with E-state index in [-0.39, 0.29) is 10.8 Å². The van der Waals surface area contributed by atoms with E-state index in [0.29, 0.717) is 5.69 Å². The van der Waals surface area contributed by atoms with Crippen LogP contribution in [-0.4, -0.2) is 9.97 Å². The van der Waals surface area contributed by atoms with Gasteiger partial charge in [0.1, 0.15) is 0 Å². The molecule has 0 unspecified atom stereocenters. The summed E-state index contributed by atoms with van der Waals surface area (Å²) in [6.45, 7) is 22.5. The number of nitrogens with zero attached hydrogens (tertiary/aromatic N) is 3. The molecular formula is C25H29N3. The number of aryl methyl sites for hydroxylation is 1. The molecule has 3 aromatic rings. The van der Waals surface area contributed by atoms with Crippen LogP contribution in [0.25, 0.3) is 15.7 Å². The zero-order chi connectivity index (χ0) is 20.7. The SMILES string of the molecule is [C-]#[N+]c1ccc(Cc2ccc3nc(C(C)(C)C)cc(C(C)(C)C)c3c2)nc1C. The third-order valence-electron chi connectivity index (χ3n) is 5.07. The molecule has 0 aliphatic rings. The van der Waals surface area contributed by atoms with Crippen LogP contribution in [-0.2, 0) is 17.3 Å². The average Bonchev–Trinajstić information content (AvgIpc) is 2.59. The molecule has 0 aliphatic heterocycles. The fourth-order valence-corrected chi connectivity index (χ4v) is 3.42. The van der Waals surface area contributed by atoms with Crippen molar-refractivity contribution in [2.75, 3.05) is 0 Å². The molecule has 0 aliphatic carbocycles. The van der Waals surface area contributed by atoms with E-state index in [1.54, 1.807) is 0 Å². The van der Waals surface area contributed by atoms with Crippen molar-refractivity contribution < 1.29 is 0 Å². The lowest BCUT2D eigenvalue weighted by Gasteiger charge is -2.26. The molecule has 0 radical (unpaired) electrons. The molecule has 144 valence electrons. The van der Waals surface area contributed by atoms with Crippen molar-refractivity contribution in [1.82, 2.24) is 9.97 Å². The zero-order valence-electron chi connectivity index (χ0n) is 18.0. The molecule has 0 saturated carbocycles. The third kappa shape index (κ3) is 4.07. The lowest BCUT2D eigenvalue weighted by Crippen LogP contribution is -2.18. The molecule has 0 fully saturated rings. The first-order valence-electron chi connectivity index (χ1n) is 9.77. The van der Waals surface area contributed by atoms with Gasteiger partial charge in [0, 0.05) is 34.3 Å². The van der Waals surface area contributed by atoms with E-state index >= 15 is 0 Å². The minimum atomic E-state index is 0.0129. The Hall–Kier alpha value is -2.73. The van der Waals surface area contributed by atoms with E-state index in [1.807, 2.05) is 19.1 Å². The number of benzene rings is 1. The Balaban J connectivity index is 2.10. The molecule has 3 nitrogen and oxygen atoms in total. The summed E-state index contributed by atoms with van der Waals surface area (Å²) >= 11 is 0. The van der Waals surface area contributed by atoms with Gasteiger partial charge >= 0.3 is 0 Å². The van der Waals surface area contributed by atoms with Gasteiger partial charge in [-0.3, -0.25) is 9.97 Å². The Morgan fingerprint density at radius 3 is 2.18 bits per heavy atom. The number of rotatable bonds is 2. The maximum Gasteiger partial charge on any atom is 0.208 e. The van der Waals surface area contributed by atoms with E-state index in [2.05, 4.69) is 75.6 Å². The molecule has 0 spiro atoms. The van der Waals surface area contributed by atoms with Gasteiger partial charge in [-0.25, -0.2) is 4.85 Å². The summed E-state index contributed by atoms with van der Waals surface area (Å²) in [6.07, 6.45) is 0.750. The molecule has 3 rings (SSSR count). The smallest absolute Gasteiger partial charge is 0.208 e. The highest BCUT2D eigenvalue weighted by atomic mass is 14.8. The van der Waals surface area contributed by atoms with Gasteiger partial charge in [0.15, 0.2) is 0 Å². The van der Waals surface area contributed by atoms with Crippen molar-refractivity contribution in [2.24, 2.45) is 0 Å². The Kier molecular flexibility index (Phi) is 5.02.